The minimum absolute atomic E-state index is 0.222. The molecule has 0 radical (unpaired) electrons. The highest BCUT2D eigenvalue weighted by Gasteiger charge is 2.47. The maximum absolute atomic E-state index is 7.41. The Morgan fingerprint density at radius 2 is 0.576 bits per heavy atom. The lowest BCUT2D eigenvalue weighted by Crippen LogP contribution is -2.61. The maximum atomic E-state index is 7.41. The molecule has 0 saturated heterocycles. The first-order chi connectivity index (χ1) is 64.0. The maximum Gasteiger partial charge on any atom is 0.252 e. The van der Waals surface area contributed by atoms with Gasteiger partial charge in [-0.25, -0.2) is 0 Å². The van der Waals surface area contributed by atoms with Gasteiger partial charge in [-0.1, -0.05) is 326 Å². The van der Waals surface area contributed by atoms with Crippen molar-refractivity contribution in [3.8, 4) is 67.0 Å². The van der Waals surface area contributed by atoms with Crippen LogP contribution in [-0.4, -0.2) is 20.2 Å². The molecule has 0 amide bonds. The minimum atomic E-state index is -0.402. The molecule has 6 aromatic heterocycles. The van der Waals surface area contributed by atoms with Crippen LogP contribution in [0, 0.1) is 0 Å². The lowest BCUT2D eigenvalue weighted by molar-refractivity contribution is 0.568. The molecular weight excluding hydrogens is 1600 g/mol. The van der Waals surface area contributed by atoms with Gasteiger partial charge in [-0.2, -0.15) is 0 Å². The average molecular weight is 1700 g/mol. The topological polar surface area (TPSA) is 47.0 Å². The van der Waals surface area contributed by atoms with E-state index in [0.717, 1.165) is 178 Å². The third kappa shape index (κ3) is 11.6. The Balaban J connectivity index is 0.874. The summed E-state index contributed by atoms with van der Waals surface area (Å²) < 4.78 is 22.4. The molecule has 18 aromatic carbocycles. The fraction of sp³-hybridized carbons (Fsp3) is 0.129. The van der Waals surface area contributed by atoms with Gasteiger partial charge in [0.25, 0.3) is 6.71 Å². The van der Waals surface area contributed by atoms with E-state index in [-0.39, 0.29) is 21.7 Å². The normalized spacial score (nSPS) is 13.3. The fourth-order valence-electron chi connectivity index (χ4n) is 22.5. The number of furan rings is 2. The van der Waals surface area contributed by atoms with E-state index >= 15 is 0 Å². The molecule has 0 unspecified atom stereocenters. The number of anilines is 6. The average Bonchev–Trinajstić information content (AvgIpc) is 0.959. The Kier molecular flexibility index (Phi) is 16.5. The zero-order chi connectivity index (χ0) is 89.0. The first-order valence-electron chi connectivity index (χ1n) is 46.6. The number of benzene rings is 18. The molecule has 26 rings (SSSR count). The van der Waals surface area contributed by atoms with Crippen LogP contribution in [0.15, 0.2) is 373 Å². The van der Waals surface area contributed by atoms with Gasteiger partial charge in [0.15, 0.2) is 0 Å². The zero-order valence-corrected chi connectivity index (χ0v) is 76.3. The number of nitrogens with zero attached hydrogens (tertiary/aromatic N) is 5. The van der Waals surface area contributed by atoms with E-state index in [1.807, 2.05) is 0 Å². The first kappa shape index (κ1) is 77.7. The quantitative estimate of drug-likeness (QED) is 0.135. The van der Waals surface area contributed by atoms with Gasteiger partial charge in [-0.3, -0.25) is 0 Å². The third-order valence-corrected chi connectivity index (χ3v) is 29.1. The van der Waals surface area contributed by atoms with E-state index in [1.165, 1.54) is 87.4 Å². The Morgan fingerprint density at radius 3 is 0.977 bits per heavy atom. The molecule has 2 aliphatic rings. The molecule has 0 N–H and O–H groups in total. The summed E-state index contributed by atoms with van der Waals surface area (Å²) in [6, 6.07) is 139. The summed E-state index contributed by atoms with van der Waals surface area (Å²) in [5.74, 6) is 0. The number of rotatable bonds is 9. The van der Waals surface area contributed by atoms with E-state index in [1.54, 1.807) is 0 Å². The summed E-state index contributed by atoms with van der Waals surface area (Å²) in [6.45, 7) is 28.0. The summed E-state index contributed by atoms with van der Waals surface area (Å²) in [5.41, 5.74) is 38.7. The van der Waals surface area contributed by atoms with E-state index in [4.69, 9.17) is 8.83 Å². The number of fused-ring (bicyclic) bond motifs is 22. The molecule has 0 fully saturated rings. The lowest BCUT2D eigenvalue weighted by Gasteiger charge is -2.45. The van der Waals surface area contributed by atoms with E-state index in [0.29, 0.717) is 0 Å². The number of hydrogen-bond acceptors (Lipinski definition) is 4. The highest BCUT2D eigenvalue weighted by Crippen LogP contribution is 2.58. The van der Waals surface area contributed by atoms with Gasteiger partial charge in [-0.05, 0) is 226 Å². The molecule has 8 heterocycles. The van der Waals surface area contributed by atoms with E-state index < -0.39 is 6.71 Å². The van der Waals surface area contributed by atoms with Gasteiger partial charge < -0.3 is 32.2 Å². The molecule has 0 atom stereocenters. The second-order valence-corrected chi connectivity index (χ2v) is 41.2. The molecule has 0 aliphatic carbocycles. The van der Waals surface area contributed by atoms with Gasteiger partial charge in [0.1, 0.15) is 22.3 Å². The Labute approximate surface area is 767 Å². The Hall–Kier alpha value is -15.4. The Morgan fingerprint density at radius 1 is 0.227 bits per heavy atom. The van der Waals surface area contributed by atoms with Gasteiger partial charge >= 0.3 is 0 Å². The van der Waals surface area contributed by atoms with Gasteiger partial charge in [0, 0.05) is 99.1 Å². The number of para-hydroxylation sites is 6. The van der Waals surface area contributed by atoms with Crippen molar-refractivity contribution in [2.24, 2.45) is 0 Å². The zero-order valence-electron chi connectivity index (χ0n) is 76.3. The largest absolute Gasteiger partial charge is 0.456 e. The van der Waals surface area contributed by atoms with Crippen LogP contribution < -0.4 is 26.2 Å². The molecule has 132 heavy (non-hydrogen) atoms. The van der Waals surface area contributed by atoms with Crippen LogP contribution in [0.1, 0.15) is 105 Å². The van der Waals surface area contributed by atoms with Crippen molar-refractivity contribution in [3.63, 3.8) is 0 Å². The van der Waals surface area contributed by atoms with Crippen molar-refractivity contribution in [1.82, 2.24) is 13.5 Å². The van der Waals surface area contributed by atoms with Crippen molar-refractivity contribution in [2.45, 2.75) is 105 Å². The van der Waals surface area contributed by atoms with Gasteiger partial charge in [-0.15, -0.1) is 0 Å². The predicted octanol–water partition coefficient (Wildman–Crippen LogP) is 32.4. The summed E-state index contributed by atoms with van der Waals surface area (Å²) in [7, 11) is 0. The van der Waals surface area contributed by atoms with Gasteiger partial charge in [0.05, 0.1) is 60.8 Å². The summed E-state index contributed by atoms with van der Waals surface area (Å²) >= 11 is 0. The predicted molar refractivity (Wildman–Crippen MR) is 560 cm³/mol. The van der Waals surface area contributed by atoms with Crippen LogP contribution in [0.4, 0.5) is 34.1 Å². The standard InChI is InChI=1S/C124H96BN5O2/c1-121(2,3)81-59-79(60-82(69-81)122(4,5)6)87-53-57-113-115(95-39-23-29-45-111(95)131-113)119(87)129-107-71-85(126-101-41-25-19-35-89(101)93-51-47-75(65-105(93)126)73-31-15-13-16-32-73)49-55-99(107)125-100-56-50-86(127-102-42-26-20-36-90(102)94-52-48-76(66-106(94)127)74-33-17-14-18-34-74)72-108(100)130(120-88(54-58-114-116(120)96-40-24-30-46-112(96)132-114)80-61-83(123(7,8)9)70-84(62-80)124(10,11)12)110-68-78(67-109(129)117(110)125)77-63-97-91-37-21-27-43-103(91)128-104-44-28-22-38-92(104)98(64-77)118(97)128/h13-72H,1-12H3. The number of aromatic nitrogens is 3. The highest BCUT2D eigenvalue weighted by molar-refractivity contribution is 7.00. The van der Waals surface area contributed by atoms with Crippen molar-refractivity contribution in [3.05, 3.63) is 386 Å². The second kappa shape index (κ2) is 28.1. The summed E-state index contributed by atoms with van der Waals surface area (Å²) in [5, 5.41) is 13.7. The summed E-state index contributed by atoms with van der Waals surface area (Å²) in [6.07, 6.45) is 0. The number of hydrogen-bond donors (Lipinski definition) is 0. The monoisotopic (exact) mass is 1700 g/mol. The van der Waals surface area contributed by atoms with Crippen molar-refractivity contribution < 1.29 is 8.83 Å². The van der Waals surface area contributed by atoms with Crippen LogP contribution in [0.2, 0.25) is 0 Å². The smallest absolute Gasteiger partial charge is 0.252 e. The molecule has 0 spiro atoms. The van der Waals surface area contributed by atoms with Crippen molar-refractivity contribution in [2.75, 3.05) is 9.80 Å². The molecule has 0 saturated carbocycles. The molecule has 24 aromatic rings. The van der Waals surface area contributed by atoms with Crippen LogP contribution >= 0.6 is 0 Å². The first-order valence-corrected chi connectivity index (χ1v) is 46.6. The van der Waals surface area contributed by atoms with Crippen molar-refractivity contribution >= 4 is 183 Å². The Bertz CT molecular complexity index is 8460. The van der Waals surface area contributed by atoms with Crippen LogP contribution in [-0.2, 0) is 21.7 Å². The van der Waals surface area contributed by atoms with E-state index in [9.17, 15) is 0 Å². The third-order valence-electron chi connectivity index (χ3n) is 29.1. The van der Waals surface area contributed by atoms with Crippen LogP contribution in [0.25, 0.3) is 193 Å². The molecule has 8 heteroatoms. The van der Waals surface area contributed by atoms with Crippen LogP contribution in [0.5, 0.6) is 0 Å². The van der Waals surface area contributed by atoms with Gasteiger partial charge in [0.2, 0.25) is 0 Å². The highest BCUT2D eigenvalue weighted by atomic mass is 16.3. The summed E-state index contributed by atoms with van der Waals surface area (Å²) in [4.78, 5) is 5.49. The molecular formula is C124H96BN5O2. The second-order valence-electron chi connectivity index (χ2n) is 41.2. The van der Waals surface area contributed by atoms with Crippen molar-refractivity contribution in [1.29, 1.82) is 0 Å². The lowest BCUT2D eigenvalue weighted by atomic mass is 9.33. The minimum Gasteiger partial charge on any atom is -0.456 e. The molecule has 2 aliphatic heterocycles. The SMILES string of the molecule is CC(C)(C)c1cc(-c2ccc3oc4ccccc4c3c2N2c3cc(-n4c5ccccc5c5ccc(-c6ccccc6)cc54)ccc3B3c4ccc(-n5c6ccccc6c6ccc(-c7ccccc7)cc65)cc4N(c4c(-c5cc(C(C)(C)C)cc(C(C)(C)C)c5)ccc5oc6ccccc6c45)c4cc(-c5cc6c7ccccc7n7c8ccccc8c(c5)c67)cc2c43)cc(C(C)(C)C)c1. The molecule has 0 bridgehead atoms. The molecule has 632 valence electrons. The molecule has 7 nitrogen and oxygen atoms in total. The van der Waals surface area contributed by atoms with E-state index in [2.05, 4.69) is 470 Å². The fourth-order valence-corrected chi connectivity index (χ4v) is 22.5. The van der Waals surface area contributed by atoms with Crippen LogP contribution in [0.3, 0.4) is 0 Å².